The summed E-state index contributed by atoms with van der Waals surface area (Å²) in [6.07, 6.45) is 11.8. The van der Waals surface area contributed by atoms with E-state index < -0.39 is 7.54 Å². The summed E-state index contributed by atoms with van der Waals surface area (Å²) in [5.74, 6) is 0. The topological polar surface area (TPSA) is 8.81 Å². The van der Waals surface area contributed by atoms with Gasteiger partial charge in [-0.05, 0) is 44.7 Å². The van der Waals surface area contributed by atoms with E-state index in [-0.39, 0.29) is 4.70 Å². The number of halogens is 4. The summed E-state index contributed by atoms with van der Waals surface area (Å²) < 4.78 is 33.6. The first-order chi connectivity index (χ1) is 11.3. The van der Waals surface area contributed by atoms with Gasteiger partial charge in [-0.3, -0.25) is 12.9 Å². The Hall–Kier alpha value is -1.79. The van der Waals surface area contributed by atoms with Gasteiger partial charge in [0.05, 0.1) is 6.54 Å². The fraction of sp³-hybridized carbons (Fsp3) is 0.500. The van der Waals surface area contributed by atoms with Gasteiger partial charge in [-0.15, -0.1) is 0 Å². The molecule has 0 spiro atoms. The highest BCUT2D eigenvalue weighted by Crippen LogP contribution is 2.20. The van der Waals surface area contributed by atoms with Crippen molar-refractivity contribution in [2.45, 2.75) is 59.9 Å². The molecule has 1 heterocycles. The highest BCUT2D eigenvalue weighted by molar-refractivity contribution is 6.33. The van der Waals surface area contributed by atoms with Crippen LogP contribution < -0.4 is 9.27 Å². The molecule has 2 nitrogen and oxygen atoms in total. The number of rotatable bonds is 6. The predicted octanol–water partition coefficient (Wildman–Crippen LogP) is 2.15. The van der Waals surface area contributed by atoms with Gasteiger partial charge in [0.2, 0.25) is 6.33 Å². The van der Waals surface area contributed by atoms with Gasteiger partial charge in [0.25, 0.3) is 0 Å². The Balaban J connectivity index is 0.00000104. The van der Waals surface area contributed by atoms with E-state index in [0.717, 1.165) is 6.54 Å². The summed E-state index contributed by atoms with van der Waals surface area (Å²) >= 11 is 0. The zero-order valence-corrected chi connectivity index (χ0v) is 15.4. The van der Waals surface area contributed by atoms with Crippen molar-refractivity contribution in [1.82, 2.24) is 4.57 Å². The molecule has 0 unspecified atom stereocenters. The standard InChI is InChI=1S/C18H27N2.BF3.FH/c1-5-6-7-8-9-19-10-11-20(14-19)18-16(3)12-15(2)13-17(18)4;2-1(3)4;/h10-14H,5-9H2,1-4H3;;1H/q+1;;/p-1. The third-order valence-corrected chi connectivity index (χ3v) is 3.85. The second-order valence-corrected chi connectivity index (χ2v) is 6.11. The first-order valence-electron chi connectivity index (χ1n) is 8.42. The van der Waals surface area contributed by atoms with Crippen LogP contribution in [0.5, 0.6) is 0 Å². The highest BCUT2D eigenvalue weighted by atomic mass is 19.4. The zero-order valence-electron chi connectivity index (χ0n) is 15.4. The molecule has 2 aromatic rings. The van der Waals surface area contributed by atoms with Crippen molar-refractivity contribution in [3.63, 3.8) is 0 Å². The molecule has 0 amide bonds. The number of hydrogen-bond acceptors (Lipinski definition) is 0. The number of unbranched alkanes of at least 4 members (excludes halogenated alkanes) is 3. The SMILES string of the molecule is CCCCCC[n+]1ccn(-c2c(C)cc(C)cc2C)c1.FB(F)F.[F-]. The number of nitrogens with zero attached hydrogens (tertiary/aromatic N) is 2. The molecule has 0 radical (unpaired) electrons. The lowest BCUT2D eigenvalue weighted by atomic mass is 10.1. The summed E-state index contributed by atoms with van der Waals surface area (Å²) in [5.41, 5.74) is 5.35. The smallest absolute Gasteiger partial charge is 0.762 e. The van der Waals surface area contributed by atoms with Gasteiger partial charge in [-0.1, -0.05) is 37.5 Å². The molecule has 0 fully saturated rings. The fourth-order valence-electron chi connectivity index (χ4n) is 2.96. The number of hydrogen-bond donors (Lipinski definition) is 0. The Kier molecular flexibility index (Phi) is 10.9. The molecule has 0 aliphatic heterocycles. The van der Waals surface area contributed by atoms with E-state index in [1.165, 1.54) is 48.1 Å². The average Bonchev–Trinajstić information content (AvgIpc) is 2.90. The van der Waals surface area contributed by atoms with Crippen LogP contribution in [-0.4, -0.2) is 12.1 Å². The minimum Gasteiger partial charge on any atom is -1.00 e. The maximum Gasteiger partial charge on any atom is 0.762 e. The summed E-state index contributed by atoms with van der Waals surface area (Å²) in [6.45, 7) is 9.93. The molecular formula is C18H27BF4N2. The van der Waals surface area contributed by atoms with Gasteiger partial charge in [0.15, 0.2) is 0 Å². The Bertz CT molecular complexity index is 604. The van der Waals surface area contributed by atoms with Gasteiger partial charge in [-0.25, -0.2) is 9.13 Å². The second-order valence-electron chi connectivity index (χ2n) is 6.11. The zero-order chi connectivity index (χ0) is 18.1. The van der Waals surface area contributed by atoms with Crippen molar-refractivity contribution >= 4 is 7.54 Å². The maximum absolute atomic E-state index is 9.67. The molecular weight excluding hydrogens is 331 g/mol. The van der Waals surface area contributed by atoms with Crippen molar-refractivity contribution in [2.75, 3.05) is 0 Å². The first-order valence-corrected chi connectivity index (χ1v) is 8.42. The van der Waals surface area contributed by atoms with Crippen LogP contribution in [0.1, 0.15) is 49.3 Å². The van der Waals surface area contributed by atoms with Crippen LogP contribution in [0.25, 0.3) is 5.69 Å². The fourth-order valence-corrected chi connectivity index (χ4v) is 2.96. The monoisotopic (exact) mass is 358 g/mol. The molecule has 1 aromatic heterocycles. The number of aryl methyl sites for hydroxylation is 4. The molecule has 2 rings (SSSR count). The molecule has 0 atom stereocenters. The molecule has 0 bridgehead atoms. The quantitative estimate of drug-likeness (QED) is 0.324. The lowest BCUT2D eigenvalue weighted by Crippen LogP contribution is -3.00. The van der Waals surface area contributed by atoms with Crippen molar-refractivity contribution < 1.29 is 22.2 Å². The third kappa shape index (κ3) is 8.23. The molecule has 0 saturated heterocycles. The minimum absolute atomic E-state index is 0. The van der Waals surface area contributed by atoms with Crippen LogP contribution in [0, 0.1) is 20.8 Å². The summed E-state index contributed by atoms with van der Waals surface area (Å²) in [7, 11) is -3.67. The van der Waals surface area contributed by atoms with E-state index in [0.29, 0.717) is 0 Å². The van der Waals surface area contributed by atoms with E-state index in [2.05, 4.69) is 67.7 Å². The highest BCUT2D eigenvalue weighted by Gasteiger charge is 2.12. The second kappa shape index (κ2) is 11.7. The van der Waals surface area contributed by atoms with E-state index >= 15 is 0 Å². The summed E-state index contributed by atoms with van der Waals surface area (Å²) in [5, 5.41) is 0. The van der Waals surface area contributed by atoms with Gasteiger partial charge in [0, 0.05) is 0 Å². The van der Waals surface area contributed by atoms with Crippen molar-refractivity contribution in [1.29, 1.82) is 0 Å². The first kappa shape index (κ1) is 23.2. The predicted molar refractivity (Wildman–Crippen MR) is 93.4 cm³/mol. The molecule has 7 heteroatoms. The normalized spacial score (nSPS) is 9.88. The lowest BCUT2D eigenvalue weighted by Gasteiger charge is -2.07. The largest absolute Gasteiger partial charge is 1.00 e. The Labute approximate surface area is 148 Å². The molecule has 1 aromatic carbocycles. The van der Waals surface area contributed by atoms with Crippen molar-refractivity contribution in [3.05, 3.63) is 47.5 Å². The van der Waals surface area contributed by atoms with Crippen LogP contribution in [-0.2, 0) is 6.54 Å². The van der Waals surface area contributed by atoms with Crippen LogP contribution >= 0.6 is 0 Å². The number of benzene rings is 1. The van der Waals surface area contributed by atoms with E-state index in [4.69, 9.17) is 0 Å². The van der Waals surface area contributed by atoms with E-state index in [9.17, 15) is 12.9 Å². The molecule has 0 saturated carbocycles. The summed E-state index contributed by atoms with van der Waals surface area (Å²) in [6, 6.07) is 4.52. The lowest BCUT2D eigenvalue weighted by molar-refractivity contribution is -0.696. The molecule has 0 aliphatic carbocycles. The number of imidazole rings is 1. The van der Waals surface area contributed by atoms with Crippen molar-refractivity contribution in [2.24, 2.45) is 0 Å². The van der Waals surface area contributed by atoms with Gasteiger partial charge in [-0.2, -0.15) is 0 Å². The van der Waals surface area contributed by atoms with Gasteiger partial charge in [0.1, 0.15) is 18.1 Å². The van der Waals surface area contributed by atoms with Crippen LogP contribution in [0.2, 0.25) is 0 Å². The molecule has 0 N–H and O–H groups in total. The Morgan fingerprint density at radius 3 is 2.08 bits per heavy atom. The van der Waals surface area contributed by atoms with Gasteiger partial charge < -0.3 is 4.70 Å². The van der Waals surface area contributed by atoms with Crippen LogP contribution in [0.4, 0.5) is 12.9 Å². The Morgan fingerprint density at radius 1 is 1.00 bits per heavy atom. The maximum atomic E-state index is 9.67. The van der Waals surface area contributed by atoms with Gasteiger partial charge >= 0.3 is 7.54 Å². The van der Waals surface area contributed by atoms with Crippen LogP contribution in [0.3, 0.4) is 0 Å². The minimum atomic E-state index is -3.67. The molecule has 25 heavy (non-hydrogen) atoms. The number of aromatic nitrogens is 2. The van der Waals surface area contributed by atoms with Crippen LogP contribution in [0.15, 0.2) is 30.9 Å². The van der Waals surface area contributed by atoms with E-state index in [1.807, 2.05) is 0 Å². The van der Waals surface area contributed by atoms with Crippen molar-refractivity contribution in [3.8, 4) is 5.69 Å². The summed E-state index contributed by atoms with van der Waals surface area (Å²) in [4.78, 5) is 0. The Morgan fingerprint density at radius 2 is 1.56 bits per heavy atom. The van der Waals surface area contributed by atoms with E-state index in [1.54, 1.807) is 0 Å². The average molecular weight is 358 g/mol. The molecule has 0 aliphatic rings. The molecule has 140 valence electrons. The third-order valence-electron chi connectivity index (χ3n) is 3.85.